The number of phenols is 1. The number of aryl methyl sites for hydroxylation is 1. The number of fused-ring (bicyclic) bond motifs is 5. The molecule has 7 nitrogen and oxygen atoms in total. The molecule has 2 aliphatic rings. The molecule has 1 fully saturated rings. The Balaban J connectivity index is 1.37. The summed E-state index contributed by atoms with van der Waals surface area (Å²) >= 11 is 0. The number of piperidine rings is 1. The lowest BCUT2D eigenvalue weighted by molar-refractivity contribution is 0.113. The minimum absolute atomic E-state index is 0.0623. The molecule has 184 valence electrons. The zero-order valence-corrected chi connectivity index (χ0v) is 20.4. The first-order valence-electron chi connectivity index (χ1n) is 12.3. The first kappa shape index (κ1) is 22.6. The Morgan fingerprint density at radius 1 is 1.08 bits per heavy atom. The van der Waals surface area contributed by atoms with Crippen LogP contribution in [0.25, 0.3) is 22.1 Å². The lowest BCUT2D eigenvalue weighted by atomic mass is 9.83. The van der Waals surface area contributed by atoms with Crippen molar-refractivity contribution in [2.75, 3.05) is 20.2 Å². The molecule has 0 radical (unpaired) electrons. The predicted octanol–water partition coefficient (Wildman–Crippen LogP) is 4.26. The molecule has 2 aromatic heterocycles. The van der Waals surface area contributed by atoms with Crippen molar-refractivity contribution in [2.24, 2.45) is 5.92 Å². The molecule has 7 heteroatoms. The monoisotopic (exact) mass is 484 g/mol. The lowest BCUT2D eigenvalue weighted by Crippen LogP contribution is -2.46. The van der Waals surface area contributed by atoms with E-state index in [1.807, 2.05) is 47.9 Å². The second kappa shape index (κ2) is 8.68. The summed E-state index contributed by atoms with van der Waals surface area (Å²) in [6, 6.07) is 14.5. The van der Waals surface area contributed by atoms with E-state index in [4.69, 9.17) is 9.15 Å². The summed E-state index contributed by atoms with van der Waals surface area (Å²) in [5.74, 6) is 1.47. The normalized spacial score (nSPS) is 19.3. The Labute approximate surface area is 208 Å². The van der Waals surface area contributed by atoms with Crippen LogP contribution in [0.3, 0.4) is 0 Å². The second-order valence-corrected chi connectivity index (χ2v) is 9.99. The molecule has 2 atom stereocenters. The summed E-state index contributed by atoms with van der Waals surface area (Å²) in [7, 11) is 1.60. The van der Waals surface area contributed by atoms with Crippen LogP contribution in [-0.2, 0) is 13.1 Å². The zero-order valence-electron chi connectivity index (χ0n) is 20.4. The maximum atomic E-state index is 13.6. The number of pyridine rings is 1. The van der Waals surface area contributed by atoms with E-state index in [2.05, 4.69) is 4.90 Å². The molecule has 0 spiro atoms. The number of ether oxygens (including phenoxy) is 1. The number of benzene rings is 2. The molecule has 0 aliphatic carbocycles. The first-order valence-corrected chi connectivity index (χ1v) is 12.3. The highest BCUT2D eigenvalue weighted by atomic mass is 16.5. The molecule has 4 aromatic rings. The molecule has 0 amide bonds. The number of likely N-dealkylation sites (tertiary alicyclic amines) is 1. The molecule has 36 heavy (non-hydrogen) atoms. The van der Waals surface area contributed by atoms with E-state index in [1.54, 1.807) is 19.2 Å². The Hall–Kier alpha value is -3.84. The van der Waals surface area contributed by atoms with E-state index >= 15 is 0 Å². The molecular formula is C29H28N2O5. The number of nitrogens with zero attached hydrogens (tertiary/aromatic N) is 2. The molecule has 6 rings (SSSR count). The fourth-order valence-electron chi connectivity index (χ4n) is 6.00. The number of aromatic hydroxyl groups is 1. The van der Waals surface area contributed by atoms with Gasteiger partial charge in [0.1, 0.15) is 23.3 Å². The van der Waals surface area contributed by atoms with E-state index in [-0.39, 0.29) is 22.7 Å². The standard InChI is InChI=1S/C29H28N2O5/c1-17-10-25(32)22(15-30-12-18-11-20(14-30)24-4-3-5-26(33)31(24)13-18)29-27(17)28(34)23(16-36-29)19-6-8-21(35-2)9-7-19/h3-10,16,18,20,32H,11-15H2,1-2H3/t18-,20-/m0/s1. The number of rotatable bonds is 4. The number of phenolic OH excluding ortho intramolecular Hbond substituents is 1. The maximum Gasteiger partial charge on any atom is 0.250 e. The van der Waals surface area contributed by atoms with E-state index in [1.165, 1.54) is 6.26 Å². The molecule has 0 unspecified atom stereocenters. The minimum atomic E-state index is -0.121. The summed E-state index contributed by atoms with van der Waals surface area (Å²) in [6.07, 6.45) is 2.54. The Bertz CT molecular complexity index is 1580. The van der Waals surface area contributed by atoms with Crippen LogP contribution in [-0.4, -0.2) is 34.8 Å². The largest absolute Gasteiger partial charge is 0.507 e. The molecule has 1 saturated heterocycles. The molecule has 0 saturated carbocycles. The highest BCUT2D eigenvalue weighted by Crippen LogP contribution is 2.38. The molecule has 2 bridgehead atoms. The van der Waals surface area contributed by atoms with Crippen molar-refractivity contribution in [3.8, 4) is 22.6 Å². The van der Waals surface area contributed by atoms with Crippen LogP contribution in [0.2, 0.25) is 0 Å². The summed E-state index contributed by atoms with van der Waals surface area (Å²) in [6.45, 7) is 4.60. The van der Waals surface area contributed by atoms with Gasteiger partial charge in [0, 0.05) is 43.9 Å². The van der Waals surface area contributed by atoms with Crippen molar-refractivity contribution >= 4 is 11.0 Å². The Kier molecular flexibility index (Phi) is 5.45. The molecule has 1 N–H and O–H groups in total. The quantitative estimate of drug-likeness (QED) is 0.466. The number of methoxy groups -OCH3 is 1. The van der Waals surface area contributed by atoms with Gasteiger partial charge in [-0.25, -0.2) is 0 Å². The number of hydrogen-bond donors (Lipinski definition) is 1. The van der Waals surface area contributed by atoms with Crippen LogP contribution in [0, 0.1) is 12.8 Å². The van der Waals surface area contributed by atoms with Gasteiger partial charge < -0.3 is 18.8 Å². The third-order valence-corrected chi connectivity index (χ3v) is 7.66. The lowest BCUT2D eigenvalue weighted by Gasteiger charge is -2.42. The van der Waals surface area contributed by atoms with Gasteiger partial charge in [-0.3, -0.25) is 14.5 Å². The van der Waals surface area contributed by atoms with E-state index in [0.717, 1.165) is 30.8 Å². The van der Waals surface area contributed by atoms with E-state index in [0.29, 0.717) is 52.4 Å². The Morgan fingerprint density at radius 2 is 1.89 bits per heavy atom. The summed E-state index contributed by atoms with van der Waals surface area (Å²) < 4.78 is 13.2. The maximum absolute atomic E-state index is 13.6. The molecule has 2 aliphatic heterocycles. The van der Waals surface area contributed by atoms with Crippen LogP contribution in [0.15, 0.2) is 68.8 Å². The van der Waals surface area contributed by atoms with Gasteiger partial charge in [0.15, 0.2) is 0 Å². The van der Waals surface area contributed by atoms with Gasteiger partial charge in [0.2, 0.25) is 5.43 Å². The minimum Gasteiger partial charge on any atom is -0.507 e. The van der Waals surface area contributed by atoms with Crippen molar-refractivity contribution in [1.29, 1.82) is 0 Å². The number of aromatic nitrogens is 1. The predicted molar refractivity (Wildman–Crippen MR) is 138 cm³/mol. The highest BCUT2D eigenvalue weighted by molar-refractivity contribution is 5.88. The van der Waals surface area contributed by atoms with Gasteiger partial charge in [0.25, 0.3) is 5.56 Å². The Morgan fingerprint density at radius 3 is 2.67 bits per heavy atom. The van der Waals surface area contributed by atoms with Gasteiger partial charge in [-0.2, -0.15) is 0 Å². The fourth-order valence-corrected chi connectivity index (χ4v) is 6.00. The fraction of sp³-hybridized carbons (Fsp3) is 0.310. The van der Waals surface area contributed by atoms with Crippen molar-refractivity contribution in [2.45, 2.75) is 32.4 Å². The topological polar surface area (TPSA) is 84.9 Å². The smallest absolute Gasteiger partial charge is 0.250 e. The average molecular weight is 485 g/mol. The number of hydrogen-bond acceptors (Lipinski definition) is 6. The third kappa shape index (κ3) is 3.71. The summed E-state index contributed by atoms with van der Waals surface area (Å²) in [5, 5.41) is 11.4. The van der Waals surface area contributed by atoms with Gasteiger partial charge in [-0.15, -0.1) is 0 Å². The molecule has 4 heterocycles. The van der Waals surface area contributed by atoms with Crippen molar-refractivity contribution in [1.82, 2.24) is 9.47 Å². The van der Waals surface area contributed by atoms with Crippen LogP contribution in [0.5, 0.6) is 11.5 Å². The first-order chi connectivity index (χ1) is 17.4. The summed E-state index contributed by atoms with van der Waals surface area (Å²) in [5.41, 5.74) is 3.98. The van der Waals surface area contributed by atoms with Crippen molar-refractivity contribution in [3.63, 3.8) is 0 Å². The van der Waals surface area contributed by atoms with Gasteiger partial charge in [-0.05, 0) is 54.7 Å². The van der Waals surface area contributed by atoms with Crippen LogP contribution >= 0.6 is 0 Å². The van der Waals surface area contributed by atoms with Crippen molar-refractivity contribution < 1.29 is 14.3 Å². The molecular weight excluding hydrogens is 456 g/mol. The van der Waals surface area contributed by atoms with Crippen LogP contribution in [0.4, 0.5) is 0 Å². The summed E-state index contributed by atoms with van der Waals surface area (Å²) in [4.78, 5) is 28.2. The van der Waals surface area contributed by atoms with E-state index < -0.39 is 0 Å². The second-order valence-electron chi connectivity index (χ2n) is 9.99. The van der Waals surface area contributed by atoms with Gasteiger partial charge in [-0.1, -0.05) is 18.2 Å². The highest BCUT2D eigenvalue weighted by Gasteiger charge is 2.35. The third-order valence-electron chi connectivity index (χ3n) is 7.66. The van der Waals surface area contributed by atoms with Crippen LogP contribution in [0.1, 0.15) is 29.2 Å². The van der Waals surface area contributed by atoms with E-state index in [9.17, 15) is 14.7 Å². The van der Waals surface area contributed by atoms with Gasteiger partial charge >= 0.3 is 0 Å². The SMILES string of the molecule is COc1ccc(-c2coc3c(CN4C[C@@H]5C[C@@H](C4)c4cccc(=O)n4C5)c(O)cc(C)c3c2=O)cc1. The van der Waals surface area contributed by atoms with Crippen molar-refractivity contribution in [3.05, 3.63) is 92.2 Å². The van der Waals surface area contributed by atoms with Crippen LogP contribution < -0.4 is 15.7 Å². The average Bonchev–Trinajstić information content (AvgIpc) is 2.87. The zero-order chi connectivity index (χ0) is 25.0. The molecule has 2 aromatic carbocycles. The van der Waals surface area contributed by atoms with Gasteiger partial charge in [0.05, 0.1) is 23.6 Å².